The molecular formula is C17H26N2O3S. The Kier molecular flexibility index (Phi) is 5.81. The second kappa shape index (κ2) is 7.45. The quantitative estimate of drug-likeness (QED) is 0.712. The highest BCUT2D eigenvalue weighted by atomic mass is 32.2. The van der Waals surface area contributed by atoms with E-state index in [-0.39, 0.29) is 11.8 Å². The van der Waals surface area contributed by atoms with Gasteiger partial charge in [0.25, 0.3) is 0 Å². The largest absolute Gasteiger partial charge is 0.356 e. The molecule has 1 aliphatic rings. The van der Waals surface area contributed by atoms with Crippen molar-refractivity contribution in [2.24, 2.45) is 5.92 Å². The lowest BCUT2D eigenvalue weighted by Gasteiger charge is -2.07. The van der Waals surface area contributed by atoms with Crippen LogP contribution in [0.5, 0.6) is 0 Å². The van der Waals surface area contributed by atoms with Gasteiger partial charge in [0.05, 0.1) is 6.26 Å². The molecule has 0 radical (unpaired) electrons. The third-order valence-corrected chi connectivity index (χ3v) is 4.90. The SMILES string of the molecule is CC(C)c1ccc([C@H]2C[C@H]2C(=O)NCCCNS(C)(=O)=O)cc1. The Morgan fingerprint density at radius 3 is 2.43 bits per heavy atom. The molecule has 0 heterocycles. The monoisotopic (exact) mass is 338 g/mol. The number of amides is 1. The van der Waals surface area contributed by atoms with E-state index in [4.69, 9.17) is 0 Å². The van der Waals surface area contributed by atoms with Gasteiger partial charge in [0.15, 0.2) is 0 Å². The molecule has 0 spiro atoms. The van der Waals surface area contributed by atoms with Crippen LogP contribution in [0.3, 0.4) is 0 Å². The van der Waals surface area contributed by atoms with Gasteiger partial charge in [0.1, 0.15) is 0 Å². The van der Waals surface area contributed by atoms with Crippen molar-refractivity contribution in [3.63, 3.8) is 0 Å². The Morgan fingerprint density at radius 2 is 1.87 bits per heavy atom. The Bertz CT molecular complexity index is 638. The number of carbonyl (C=O) groups excluding carboxylic acids is 1. The van der Waals surface area contributed by atoms with Crippen LogP contribution in [0.1, 0.15) is 49.7 Å². The van der Waals surface area contributed by atoms with Crippen molar-refractivity contribution < 1.29 is 13.2 Å². The Morgan fingerprint density at radius 1 is 1.22 bits per heavy atom. The smallest absolute Gasteiger partial charge is 0.223 e. The molecule has 23 heavy (non-hydrogen) atoms. The molecule has 0 saturated heterocycles. The first-order valence-corrected chi connectivity index (χ1v) is 9.99. The molecule has 1 fully saturated rings. The fourth-order valence-electron chi connectivity index (χ4n) is 2.67. The summed E-state index contributed by atoms with van der Waals surface area (Å²) in [7, 11) is -3.15. The molecular weight excluding hydrogens is 312 g/mol. The van der Waals surface area contributed by atoms with E-state index in [1.165, 1.54) is 11.1 Å². The van der Waals surface area contributed by atoms with E-state index >= 15 is 0 Å². The first kappa shape index (κ1) is 17.9. The van der Waals surface area contributed by atoms with Crippen molar-refractivity contribution >= 4 is 15.9 Å². The topological polar surface area (TPSA) is 75.3 Å². The van der Waals surface area contributed by atoms with Crippen LogP contribution in [0.25, 0.3) is 0 Å². The summed E-state index contributed by atoms with van der Waals surface area (Å²) in [6, 6.07) is 8.54. The van der Waals surface area contributed by atoms with Crippen LogP contribution in [0.4, 0.5) is 0 Å². The van der Waals surface area contributed by atoms with Gasteiger partial charge in [-0.15, -0.1) is 0 Å². The van der Waals surface area contributed by atoms with Crippen LogP contribution >= 0.6 is 0 Å². The predicted octanol–water partition coefficient (Wildman–Crippen LogP) is 1.97. The Balaban J connectivity index is 1.72. The number of benzene rings is 1. The molecule has 2 N–H and O–H groups in total. The Labute approximate surface area is 138 Å². The lowest BCUT2D eigenvalue weighted by atomic mass is 10.00. The average molecular weight is 338 g/mol. The molecule has 2 atom stereocenters. The summed E-state index contributed by atoms with van der Waals surface area (Å²) in [5.74, 6) is 0.971. The van der Waals surface area contributed by atoms with E-state index in [9.17, 15) is 13.2 Å². The van der Waals surface area contributed by atoms with Crippen molar-refractivity contribution in [3.8, 4) is 0 Å². The van der Waals surface area contributed by atoms with E-state index in [1.54, 1.807) is 0 Å². The molecule has 6 heteroatoms. The highest BCUT2D eigenvalue weighted by Gasteiger charge is 2.43. The highest BCUT2D eigenvalue weighted by molar-refractivity contribution is 7.88. The molecule has 0 unspecified atom stereocenters. The third kappa shape index (κ3) is 5.62. The van der Waals surface area contributed by atoms with Crippen LogP contribution in [-0.4, -0.2) is 33.7 Å². The zero-order valence-corrected chi connectivity index (χ0v) is 14.8. The normalized spacial score (nSPS) is 20.5. The van der Waals surface area contributed by atoms with Crippen LogP contribution in [0, 0.1) is 5.92 Å². The molecule has 0 bridgehead atoms. The van der Waals surface area contributed by atoms with Gasteiger partial charge in [0, 0.05) is 19.0 Å². The fraction of sp³-hybridized carbons (Fsp3) is 0.588. The van der Waals surface area contributed by atoms with Gasteiger partial charge < -0.3 is 5.32 Å². The van der Waals surface area contributed by atoms with Crippen molar-refractivity contribution in [1.82, 2.24) is 10.0 Å². The summed E-state index contributed by atoms with van der Waals surface area (Å²) < 4.78 is 24.2. The summed E-state index contributed by atoms with van der Waals surface area (Å²) in [6.07, 6.45) is 2.62. The van der Waals surface area contributed by atoms with Crippen LogP contribution in [-0.2, 0) is 14.8 Å². The average Bonchev–Trinajstić information content (AvgIpc) is 3.26. The number of sulfonamides is 1. The third-order valence-electron chi connectivity index (χ3n) is 4.18. The molecule has 1 aliphatic carbocycles. The number of rotatable bonds is 8. The summed E-state index contributed by atoms with van der Waals surface area (Å²) >= 11 is 0. The van der Waals surface area contributed by atoms with Gasteiger partial charge >= 0.3 is 0 Å². The van der Waals surface area contributed by atoms with Crippen molar-refractivity contribution in [2.75, 3.05) is 19.3 Å². The zero-order valence-electron chi connectivity index (χ0n) is 14.0. The summed E-state index contributed by atoms with van der Waals surface area (Å²) in [5.41, 5.74) is 2.54. The zero-order chi connectivity index (χ0) is 17.0. The van der Waals surface area contributed by atoms with Crippen LogP contribution in [0.2, 0.25) is 0 Å². The predicted molar refractivity (Wildman–Crippen MR) is 91.9 cm³/mol. The lowest BCUT2D eigenvalue weighted by Crippen LogP contribution is -2.30. The minimum atomic E-state index is -3.15. The van der Waals surface area contributed by atoms with E-state index in [1.807, 2.05) is 0 Å². The maximum absolute atomic E-state index is 12.1. The number of hydrogen-bond acceptors (Lipinski definition) is 3. The van der Waals surface area contributed by atoms with Gasteiger partial charge in [0.2, 0.25) is 15.9 Å². The maximum Gasteiger partial charge on any atom is 0.223 e. The molecule has 2 rings (SSSR count). The lowest BCUT2D eigenvalue weighted by molar-refractivity contribution is -0.122. The van der Waals surface area contributed by atoms with Gasteiger partial charge in [-0.25, -0.2) is 13.1 Å². The van der Waals surface area contributed by atoms with Gasteiger partial charge in [-0.1, -0.05) is 38.1 Å². The molecule has 1 amide bonds. The summed E-state index contributed by atoms with van der Waals surface area (Å²) in [4.78, 5) is 12.1. The summed E-state index contributed by atoms with van der Waals surface area (Å²) in [6.45, 7) is 5.18. The van der Waals surface area contributed by atoms with E-state index in [0.717, 1.165) is 12.7 Å². The minimum absolute atomic E-state index is 0.0581. The number of hydrogen-bond donors (Lipinski definition) is 2. The maximum atomic E-state index is 12.1. The molecule has 0 aliphatic heterocycles. The molecule has 0 aromatic heterocycles. The molecule has 1 saturated carbocycles. The van der Waals surface area contributed by atoms with E-state index < -0.39 is 10.0 Å². The second-order valence-electron chi connectivity index (χ2n) is 6.58. The second-order valence-corrected chi connectivity index (χ2v) is 8.41. The van der Waals surface area contributed by atoms with Gasteiger partial charge in [-0.05, 0) is 35.8 Å². The molecule has 1 aromatic rings. The first-order chi connectivity index (χ1) is 10.8. The molecule has 128 valence electrons. The fourth-order valence-corrected chi connectivity index (χ4v) is 3.19. The Hall–Kier alpha value is -1.40. The number of nitrogens with one attached hydrogen (secondary N) is 2. The van der Waals surface area contributed by atoms with Gasteiger partial charge in [-0.2, -0.15) is 0 Å². The van der Waals surface area contributed by atoms with Crippen molar-refractivity contribution in [3.05, 3.63) is 35.4 Å². The minimum Gasteiger partial charge on any atom is -0.356 e. The summed E-state index contributed by atoms with van der Waals surface area (Å²) in [5, 5.41) is 2.89. The van der Waals surface area contributed by atoms with E-state index in [0.29, 0.717) is 31.3 Å². The first-order valence-electron chi connectivity index (χ1n) is 8.10. The van der Waals surface area contributed by atoms with Crippen molar-refractivity contribution in [2.45, 2.75) is 38.5 Å². The van der Waals surface area contributed by atoms with Crippen molar-refractivity contribution in [1.29, 1.82) is 0 Å². The van der Waals surface area contributed by atoms with E-state index in [2.05, 4.69) is 48.2 Å². The highest BCUT2D eigenvalue weighted by Crippen LogP contribution is 2.47. The van der Waals surface area contributed by atoms with Crippen LogP contribution < -0.4 is 10.0 Å². The van der Waals surface area contributed by atoms with Gasteiger partial charge in [-0.3, -0.25) is 4.79 Å². The number of carbonyl (C=O) groups is 1. The standard InChI is InChI=1S/C17H26N2O3S/c1-12(2)13-5-7-14(8-6-13)15-11-16(15)17(20)18-9-4-10-19-23(3,21)22/h5-8,12,15-16,19H,4,9-11H2,1-3H3,(H,18,20)/t15-,16-/m1/s1. The van der Waals surface area contributed by atoms with Crippen LogP contribution in [0.15, 0.2) is 24.3 Å². The molecule has 1 aromatic carbocycles. The molecule has 5 nitrogen and oxygen atoms in total.